The second-order valence-electron chi connectivity index (χ2n) is 5.17. The molecule has 0 N–H and O–H groups in total. The van der Waals surface area contributed by atoms with Gasteiger partial charge in [0.15, 0.2) is 10.5 Å². The average Bonchev–Trinajstić information content (AvgIpc) is 2.96. The highest BCUT2D eigenvalue weighted by Crippen LogP contribution is 2.26. The fourth-order valence-corrected chi connectivity index (χ4v) is 3.55. The third-order valence-corrected chi connectivity index (χ3v) is 5.19. The molecule has 5 nitrogen and oxygen atoms in total. The van der Waals surface area contributed by atoms with Crippen molar-refractivity contribution < 1.29 is 4.79 Å². The van der Waals surface area contributed by atoms with Crippen LogP contribution < -0.4 is 4.80 Å². The number of hydrogen-bond acceptors (Lipinski definition) is 3. The van der Waals surface area contributed by atoms with Gasteiger partial charge in [-0.05, 0) is 37.6 Å². The maximum atomic E-state index is 12.3. The first-order valence-corrected chi connectivity index (χ1v) is 7.92. The highest BCUT2D eigenvalue weighted by Gasteiger charge is 2.12. The summed E-state index contributed by atoms with van der Waals surface area (Å²) in [5.41, 5.74) is 3.26. The first-order chi connectivity index (χ1) is 10.4. The van der Waals surface area contributed by atoms with Crippen molar-refractivity contribution >= 4 is 39.1 Å². The van der Waals surface area contributed by atoms with Crippen molar-refractivity contribution in [1.29, 1.82) is 0 Å². The van der Waals surface area contributed by atoms with E-state index in [0.29, 0.717) is 15.5 Å². The van der Waals surface area contributed by atoms with Crippen LogP contribution in [0.5, 0.6) is 0 Å². The number of rotatable bonds is 1. The number of carbonyl (C=O) groups excluding carboxylic acids is 1. The molecule has 0 atom stereocenters. The van der Waals surface area contributed by atoms with Gasteiger partial charge in [-0.1, -0.05) is 22.9 Å². The Labute approximate surface area is 136 Å². The number of amides is 1. The Kier molecular flexibility index (Phi) is 3.66. The molecule has 22 heavy (non-hydrogen) atoms. The smallest absolute Gasteiger partial charge is 0.300 e. The lowest BCUT2D eigenvalue weighted by Crippen LogP contribution is -2.14. The third-order valence-electron chi connectivity index (χ3n) is 3.68. The van der Waals surface area contributed by atoms with Crippen LogP contribution in [0.25, 0.3) is 10.2 Å². The molecule has 0 aliphatic carbocycles. The van der Waals surface area contributed by atoms with Gasteiger partial charge in [0.25, 0.3) is 5.91 Å². The Balaban J connectivity index is 2.15. The average molecular weight is 335 g/mol. The van der Waals surface area contributed by atoms with Crippen molar-refractivity contribution in [1.82, 2.24) is 14.3 Å². The maximum absolute atomic E-state index is 12.3. The van der Waals surface area contributed by atoms with Gasteiger partial charge in [0, 0.05) is 24.8 Å². The second kappa shape index (κ2) is 5.37. The quantitative estimate of drug-likeness (QED) is 0.687. The van der Waals surface area contributed by atoms with E-state index in [9.17, 15) is 4.79 Å². The highest BCUT2D eigenvalue weighted by molar-refractivity contribution is 7.16. The molecule has 2 heterocycles. The van der Waals surface area contributed by atoms with Crippen LogP contribution in [0.2, 0.25) is 5.02 Å². The molecule has 114 valence electrons. The number of halogens is 1. The van der Waals surface area contributed by atoms with Crippen LogP contribution in [-0.4, -0.2) is 20.3 Å². The summed E-state index contributed by atoms with van der Waals surface area (Å²) in [5.74, 6) is -0.338. The molecule has 0 radical (unpaired) electrons. The molecule has 7 heteroatoms. The number of hydrogen-bond donors (Lipinski definition) is 0. The van der Waals surface area contributed by atoms with Crippen molar-refractivity contribution in [3.63, 3.8) is 0 Å². The van der Waals surface area contributed by atoms with Crippen LogP contribution in [0.3, 0.4) is 0 Å². The minimum Gasteiger partial charge on any atom is -0.319 e. The van der Waals surface area contributed by atoms with E-state index in [4.69, 9.17) is 11.6 Å². The van der Waals surface area contributed by atoms with E-state index >= 15 is 0 Å². The second-order valence-corrected chi connectivity index (χ2v) is 6.59. The van der Waals surface area contributed by atoms with Crippen molar-refractivity contribution in [2.75, 3.05) is 0 Å². The van der Waals surface area contributed by atoms with E-state index in [2.05, 4.69) is 10.1 Å². The summed E-state index contributed by atoms with van der Waals surface area (Å²) < 4.78 is 4.61. The van der Waals surface area contributed by atoms with E-state index in [1.54, 1.807) is 17.8 Å². The summed E-state index contributed by atoms with van der Waals surface area (Å²) in [6.07, 6.45) is 0. The zero-order valence-electron chi connectivity index (χ0n) is 12.7. The van der Waals surface area contributed by atoms with Crippen molar-refractivity contribution in [3.05, 3.63) is 45.0 Å². The van der Waals surface area contributed by atoms with Gasteiger partial charge < -0.3 is 4.57 Å². The number of nitrogens with zero attached hydrogens (tertiary/aromatic N) is 4. The fraction of sp³-hybridized carbons (Fsp3) is 0.267. The predicted octanol–water partition coefficient (Wildman–Crippen LogP) is 2.98. The summed E-state index contributed by atoms with van der Waals surface area (Å²) >= 11 is 7.63. The van der Waals surface area contributed by atoms with Gasteiger partial charge in [-0.15, -0.1) is 0 Å². The van der Waals surface area contributed by atoms with Crippen LogP contribution >= 0.6 is 22.9 Å². The van der Waals surface area contributed by atoms with Gasteiger partial charge in [0.2, 0.25) is 0 Å². The summed E-state index contributed by atoms with van der Waals surface area (Å²) in [5, 5.41) is 4.88. The standard InChI is InChI=1S/C15H15ClN4OS/c1-8-7-11(18-20(8)4)14(21)17-15-19(3)13-9(2)10(16)5-6-12(13)22-15/h5-7H,1-4H3. The van der Waals surface area contributed by atoms with E-state index in [-0.39, 0.29) is 5.91 Å². The molecule has 2 aromatic heterocycles. The molecule has 3 rings (SSSR count). The van der Waals surface area contributed by atoms with Crippen LogP contribution in [0, 0.1) is 13.8 Å². The lowest BCUT2D eigenvalue weighted by molar-refractivity contribution is 0.0992. The summed E-state index contributed by atoms with van der Waals surface area (Å²) in [6, 6.07) is 5.55. The number of fused-ring (bicyclic) bond motifs is 1. The lowest BCUT2D eigenvalue weighted by Gasteiger charge is -2.01. The molecule has 1 aromatic carbocycles. The van der Waals surface area contributed by atoms with Gasteiger partial charge in [-0.25, -0.2) is 0 Å². The number of thiazole rings is 1. The SMILES string of the molecule is Cc1c(Cl)ccc2sc(=NC(=O)c3cc(C)n(C)n3)n(C)c12. The van der Waals surface area contributed by atoms with Crippen LogP contribution in [-0.2, 0) is 14.1 Å². The molecule has 0 aliphatic heterocycles. The Morgan fingerprint density at radius 2 is 2.05 bits per heavy atom. The zero-order valence-corrected chi connectivity index (χ0v) is 14.3. The first kappa shape index (κ1) is 15.0. The van der Waals surface area contributed by atoms with E-state index in [0.717, 1.165) is 21.5 Å². The molecular weight excluding hydrogens is 320 g/mol. The molecule has 0 saturated heterocycles. The number of benzene rings is 1. The number of aromatic nitrogens is 3. The van der Waals surface area contributed by atoms with Gasteiger partial charge >= 0.3 is 0 Å². The van der Waals surface area contributed by atoms with Gasteiger partial charge in [0.05, 0.1) is 10.2 Å². The summed E-state index contributed by atoms with van der Waals surface area (Å²) in [4.78, 5) is 17.1. The van der Waals surface area contributed by atoms with Crippen molar-refractivity contribution in [2.45, 2.75) is 13.8 Å². The Bertz CT molecular complexity index is 944. The molecule has 0 saturated carbocycles. The van der Waals surface area contributed by atoms with Crippen LogP contribution in [0.1, 0.15) is 21.7 Å². The molecule has 0 spiro atoms. The fourth-order valence-electron chi connectivity index (χ4n) is 2.32. The Morgan fingerprint density at radius 1 is 1.32 bits per heavy atom. The first-order valence-electron chi connectivity index (χ1n) is 6.73. The Hall–Kier alpha value is -1.92. The minimum atomic E-state index is -0.338. The molecule has 0 aliphatic rings. The summed E-state index contributed by atoms with van der Waals surface area (Å²) in [7, 11) is 3.69. The van der Waals surface area contributed by atoms with Crippen LogP contribution in [0.15, 0.2) is 23.2 Å². The predicted molar refractivity (Wildman–Crippen MR) is 88.4 cm³/mol. The molecule has 1 amide bonds. The van der Waals surface area contributed by atoms with E-state index in [1.165, 1.54) is 11.3 Å². The monoisotopic (exact) mass is 334 g/mol. The molecule has 0 bridgehead atoms. The van der Waals surface area contributed by atoms with E-state index in [1.807, 2.05) is 37.6 Å². The highest BCUT2D eigenvalue weighted by atomic mass is 35.5. The van der Waals surface area contributed by atoms with Gasteiger partial charge in [0.1, 0.15) is 0 Å². The van der Waals surface area contributed by atoms with Crippen LogP contribution in [0.4, 0.5) is 0 Å². The maximum Gasteiger partial charge on any atom is 0.300 e. The number of aryl methyl sites for hydroxylation is 4. The normalized spacial score (nSPS) is 12.3. The molecule has 3 aromatic rings. The molecule has 0 unspecified atom stereocenters. The molecule has 0 fully saturated rings. The van der Waals surface area contributed by atoms with Gasteiger partial charge in [-0.2, -0.15) is 10.1 Å². The third kappa shape index (κ3) is 2.38. The van der Waals surface area contributed by atoms with Crippen molar-refractivity contribution in [2.24, 2.45) is 19.1 Å². The summed E-state index contributed by atoms with van der Waals surface area (Å²) in [6.45, 7) is 3.86. The largest absolute Gasteiger partial charge is 0.319 e. The topological polar surface area (TPSA) is 52.2 Å². The van der Waals surface area contributed by atoms with E-state index < -0.39 is 0 Å². The molecular formula is C15H15ClN4OS. The lowest BCUT2D eigenvalue weighted by atomic mass is 10.2. The van der Waals surface area contributed by atoms with Gasteiger partial charge in [-0.3, -0.25) is 9.48 Å². The van der Waals surface area contributed by atoms with Crippen molar-refractivity contribution in [3.8, 4) is 0 Å². The minimum absolute atomic E-state index is 0.338. The zero-order chi connectivity index (χ0) is 16.0. The Morgan fingerprint density at radius 3 is 2.68 bits per heavy atom. The number of carbonyl (C=O) groups is 1.